The molecule has 0 spiro atoms. The van der Waals surface area contributed by atoms with Gasteiger partial charge in [-0.25, -0.2) is 9.37 Å². The first kappa shape index (κ1) is 13.5. The molecule has 1 aromatic rings. The monoisotopic (exact) mass is 246 g/mol. The molecule has 1 aromatic heterocycles. The Labute approximate surface area is 96.1 Å². The van der Waals surface area contributed by atoms with Gasteiger partial charge in [-0.2, -0.15) is 4.39 Å². The standard InChI is InChI=1S/C10H12F2N2O3/c1-5(15)13-4-8(16)9(17)6-2-7(11)10(12)14-3-6/h2-3,8-9,16-17H,4H2,1H3,(H,13,15). The van der Waals surface area contributed by atoms with Gasteiger partial charge >= 0.3 is 0 Å². The van der Waals surface area contributed by atoms with Crippen LogP contribution >= 0.6 is 0 Å². The van der Waals surface area contributed by atoms with Crippen LogP contribution in [0, 0.1) is 11.8 Å². The van der Waals surface area contributed by atoms with E-state index in [4.69, 9.17) is 0 Å². The Morgan fingerprint density at radius 2 is 2.18 bits per heavy atom. The lowest BCUT2D eigenvalue weighted by molar-refractivity contribution is -0.119. The highest BCUT2D eigenvalue weighted by molar-refractivity contribution is 5.72. The molecule has 0 aliphatic rings. The van der Waals surface area contributed by atoms with Crippen LogP contribution < -0.4 is 5.32 Å². The van der Waals surface area contributed by atoms with Crippen LogP contribution in [-0.2, 0) is 4.79 Å². The lowest BCUT2D eigenvalue weighted by atomic mass is 10.1. The van der Waals surface area contributed by atoms with Crippen LogP contribution in [0.3, 0.4) is 0 Å². The van der Waals surface area contributed by atoms with E-state index in [1.807, 2.05) is 0 Å². The maximum Gasteiger partial charge on any atom is 0.248 e. The van der Waals surface area contributed by atoms with Crippen molar-refractivity contribution in [3.8, 4) is 0 Å². The van der Waals surface area contributed by atoms with E-state index in [1.54, 1.807) is 0 Å². The van der Waals surface area contributed by atoms with Crippen molar-refractivity contribution in [1.82, 2.24) is 10.3 Å². The van der Waals surface area contributed by atoms with Gasteiger partial charge in [-0.05, 0) is 6.07 Å². The van der Waals surface area contributed by atoms with Gasteiger partial charge in [0.25, 0.3) is 0 Å². The average molecular weight is 246 g/mol. The number of aliphatic hydroxyl groups is 2. The Bertz CT molecular complexity index is 415. The van der Waals surface area contributed by atoms with Crippen LogP contribution in [0.1, 0.15) is 18.6 Å². The fourth-order valence-corrected chi connectivity index (χ4v) is 1.18. The highest BCUT2D eigenvalue weighted by Gasteiger charge is 2.20. The second kappa shape index (κ2) is 5.65. The van der Waals surface area contributed by atoms with Crippen molar-refractivity contribution in [2.45, 2.75) is 19.1 Å². The van der Waals surface area contributed by atoms with E-state index in [2.05, 4.69) is 10.3 Å². The molecule has 0 aliphatic heterocycles. The van der Waals surface area contributed by atoms with Gasteiger partial charge in [0.05, 0.1) is 0 Å². The molecular weight excluding hydrogens is 234 g/mol. The van der Waals surface area contributed by atoms with Crippen molar-refractivity contribution in [2.24, 2.45) is 0 Å². The van der Waals surface area contributed by atoms with Crippen LogP contribution in [0.4, 0.5) is 8.78 Å². The molecule has 0 aromatic carbocycles. The molecular formula is C10H12F2N2O3. The minimum absolute atomic E-state index is 0.0678. The lowest BCUT2D eigenvalue weighted by Crippen LogP contribution is -2.34. The van der Waals surface area contributed by atoms with E-state index in [-0.39, 0.29) is 18.0 Å². The van der Waals surface area contributed by atoms with Crippen molar-refractivity contribution in [2.75, 3.05) is 6.54 Å². The number of amides is 1. The summed E-state index contributed by atoms with van der Waals surface area (Å²) in [5.41, 5.74) is -0.0678. The van der Waals surface area contributed by atoms with Gasteiger partial charge in [0.15, 0.2) is 5.82 Å². The molecule has 0 saturated carbocycles. The number of aromatic nitrogens is 1. The predicted octanol–water partition coefficient (Wildman–Crippen LogP) is -0.110. The Kier molecular flexibility index (Phi) is 4.47. The minimum atomic E-state index is -1.45. The summed E-state index contributed by atoms with van der Waals surface area (Å²) < 4.78 is 25.3. The smallest absolute Gasteiger partial charge is 0.248 e. The van der Waals surface area contributed by atoms with Gasteiger partial charge in [0.2, 0.25) is 11.9 Å². The number of hydrogen-bond donors (Lipinski definition) is 3. The third-order valence-corrected chi connectivity index (χ3v) is 2.08. The second-order valence-corrected chi connectivity index (χ2v) is 3.49. The zero-order valence-electron chi connectivity index (χ0n) is 9.02. The van der Waals surface area contributed by atoms with Crippen molar-refractivity contribution < 1.29 is 23.8 Å². The van der Waals surface area contributed by atoms with Crippen molar-refractivity contribution in [1.29, 1.82) is 0 Å². The molecule has 94 valence electrons. The summed E-state index contributed by atoms with van der Waals surface area (Å²) in [5, 5.41) is 21.3. The predicted molar refractivity (Wildman–Crippen MR) is 53.8 cm³/mol. The zero-order valence-corrected chi connectivity index (χ0v) is 9.02. The Morgan fingerprint density at radius 1 is 1.53 bits per heavy atom. The Hall–Kier alpha value is -1.60. The SMILES string of the molecule is CC(=O)NCC(O)C(O)c1cnc(F)c(F)c1. The zero-order chi connectivity index (χ0) is 13.0. The van der Waals surface area contributed by atoms with E-state index in [0.29, 0.717) is 0 Å². The molecule has 3 N–H and O–H groups in total. The topological polar surface area (TPSA) is 82.5 Å². The normalized spacial score (nSPS) is 14.2. The van der Waals surface area contributed by atoms with Crippen LogP contribution in [-0.4, -0.2) is 33.8 Å². The first-order chi connectivity index (χ1) is 7.91. The van der Waals surface area contributed by atoms with E-state index in [0.717, 1.165) is 12.3 Å². The summed E-state index contributed by atoms with van der Waals surface area (Å²) in [6.45, 7) is 1.05. The molecule has 5 nitrogen and oxygen atoms in total. The Morgan fingerprint density at radius 3 is 2.71 bits per heavy atom. The molecule has 7 heteroatoms. The van der Waals surface area contributed by atoms with Crippen molar-refractivity contribution in [3.05, 3.63) is 29.6 Å². The molecule has 0 fully saturated rings. The third-order valence-electron chi connectivity index (χ3n) is 2.08. The first-order valence-corrected chi connectivity index (χ1v) is 4.83. The number of halogens is 2. The number of carbonyl (C=O) groups excluding carboxylic acids is 1. The Balaban J connectivity index is 2.70. The summed E-state index contributed by atoms with van der Waals surface area (Å²) in [6, 6.07) is 0.740. The number of nitrogens with zero attached hydrogens (tertiary/aromatic N) is 1. The molecule has 1 amide bonds. The summed E-state index contributed by atoms with van der Waals surface area (Å²) in [4.78, 5) is 13.7. The molecule has 1 rings (SSSR count). The molecule has 17 heavy (non-hydrogen) atoms. The summed E-state index contributed by atoms with van der Waals surface area (Å²) in [6.07, 6.45) is -1.87. The van der Waals surface area contributed by atoms with Gasteiger partial charge < -0.3 is 15.5 Å². The van der Waals surface area contributed by atoms with Gasteiger partial charge in [0.1, 0.15) is 12.2 Å². The molecule has 2 unspecified atom stereocenters. The number of carbonyl (C=O) groups is 1. The fourth-order valence-electron chi connectivity index (χ4n) is 1.18. The molecule has 0 radical (unpaired) electrons. The summed E-state index contributed by atoms with van der Waals surface area (Å²) in [7, 11) is 0. The maximum atomic E-state index is 12.8. The summed E-state index contributed by atoms with van der Waals surface area (Å²) in [5.74, 6) is -2.87. The fraction of sp³-hybridized carbons (Fsp3) is 0.400. The van der Waals surface area contributed by atoms with E-state index >= 15 is 0 Å². The van der Waals surface area contributed by atoms with E-state index < -0.39 is 24.0 Å². The largest absolute Gasteiger partial charge is 0.388 e. The molecule has 1 heterocycles. The van der Waals surface area contributed by atoms with Crippen LogP contribution in [0.2, 0.25) is 0 Å². The number of hydrogen-bond acceptors (Lipinski definition) is 4. The second-order valence-electron chi connectivity index (χ2n) is 3.49. The van der Waals surface area contributed by atoms with E-state index in [9.17, 15) is 23.8 Å². The minimum Gasteiger partial charge on any atom is -0.388 e. The van der Waals surface area contributed by atoms with Crippen molar-refractivity contribution in [3.63, 3.8) is 0 Å². The molecule has 0 aliphatic carbocycles. The number of pyridine rings is 1. The lowest BCUT2D eigenvalue weighted by Gasteiger charge is -2.17. The third kappa shape index (κ3) is 3.72. The maximum absolute atomic E-state index is 12.8. The van der Waals surface area contributed by atoms with Gasteiger partial charge in [-0.1, -0.05) is 0 Å². The number of nitrogens with one attached hydrogen (secondary N) is 1. The number of aliphatic hydroxyl groups excluding tert-OH is 2. The van der Waals surface area contributed by atoms with Gasteiger partial charge in [0, 0.05) is 25.2 Å². The van der Waals surface area contributed by atoms with E-state index in [1.165, 1.54) is 6.92 Å². The average Bonchev–Trinajstić information content (AvgIpc) is 2.28. The quantitative estimate of drug-likeness (QED) is 0.647. The molecule has 0 bridgehead atoms. The van der Waals surface area contributed by atoms with Gasteiger partial charge in [-0.15, -0.1) is 0 Å². The van der Waals surface area contributed by atoms with Crippen molar-refractivity contribution >= 4 is 5.91 Å². The highest BCUT2D eigenvalue weighted by Crippen LogP contribution is 2.17. The first-order valence-electron chi connectivity index (χ1n) is 4.83. The highest BCUT2D eigenvalue weighted by atomic mass is 19.2. The van der Waals surface area contributed by atoms with Gasteiger partial charge in [-0.3, -0.25) is 4.79 Å². The van der Waals surface area contributed by atoms with Crippen LogP contribution in [0.5, 0.6) is 0 Å². The number of rotatable bonds is 4. The molecule has 2 atom stereocenters. The summed E-state index contributed by atoms with van der Waals surface area (Å²) >= 11 is 0. The molecule has 0 saturated heterocycles. The van der Waals surface area contributed by atoms with Crippen LogP contribution in [0.25, 0.3) is 0 Å². The van der Waals surface area contributed by atoms with Crippen LogP contribution in [0.15, 0.2) is 12.3 Å².